The Balaban J connectivity index is 1.79. The second-order valence-electron chi connectivity index (χ2n) is 6.96. The van der Waals surface area contributed by atoms with Gasteiger partial charge in [0.05, 0.1) is 11.9 Å². The molecule has 0 radical (unpaired) electrons. The third kappa shape index (κ3) is 3.24. The minimum absolute atomic E-state index is 0.201. The van der Waals surface area contributed by atoms with Crippen LogP contribution in [0.25, 0.3) is 0 Å². The minimum atomic E-state index is 0.201. The average Bonchev–Trinajstić information content (AvgIpc) is 2.90. The molecule has 0 saturated heterocycles. The molecule has 2 aromatic rings. The Morgan fingerprint density at radius 1 is 1.43 bits per heavy atom. The van der Waals surface area contributed by atoms with E-state index in [1.165, 1.54) is 11.3 Å². The molecule has 122 valence electrons. The van der Waals surface area contributed by atoms with Crippen LogP contribution in [0.5, 0.6) is 0 Å². The van der Waals surface area contributed by atoms with Gasteiger partial charge in [-0.15, -0.1) is 11.3 Å². The van der Waals surface area contributed by atoms with Crippen LogP contribution in [0.4, 0.5) is 10.8 Å². The number of hydrogen-bond acceptors (Lipinski definition) is 5. The normalized spacial score (nSPS) is 19.9. The minimum Gasteiger partial charge on any atom is -0.369 e. The number of thiazole rings is 1. The molecule has 3 rings (SSSR count). The zero-order valence-corrected chi connectivity index (χ0v) is 15.2. The highest BCUT2D eigenvalue weighted by Gasteiger charge is 2.33. The molecular formula is C18H24N4S. The van der Waals surface area contributed by atoms with Gasteiger partial charge in [-0.1, -0.05) is 13.0 Å². The summed E-state index contributed by atoms with van der Waals surface area (Å²) >= 11 is 1.57. The zero-order chi connectivity index (χ0) is 16.6. The number of fused-ring (bicyclic) bond motifs is 1. The number of aromatic nitrogens is 1. The number of benzene rings is 1. The van der Waals surface area contributed by atoms with Crippen LogP contribution in [0.3, 0.4) is 0 Å². The summed E-state index contributed by atoms with van der Waals surface area (Å²) in [5, 5.41) is 7.14. The third-order valence-corrected chi connectivity index (χ3v) is 5.52. The topological polar surface area (TPSA) is 40.5 Å². The van der Waals surface area contributed by atoms with Crippen LogP contribution >= 0.6 is 11.3 Å². The Morgan fingerprint density at radius 3 is 2.91 bits per heavy atom. The molecule has 0 fully saturated rings. The molecule has 1 aliphatic heterocycles. The smallest absolute Gasteiger partial charge is 0.203 e. The van der Waals surface area contributed by atoms with Crippen LogP contribution in [-0.4, -0.2) is 23.8 Å². The number of nitrogens with zero attached hydrogens (tertiary/aromatic N) is 3. The van der Waals surface area contributed by atoms with Crippen molar-refractivity contribution in [2.45, 2.75) is 45.6 Å². The molecule has 0 amide bonds. The predicted octanol–water partition coefficient (Wildman–Crippen LogP) is 4.62. The first-order valence-electron chi connectivity index (χ1n) is 7.96. The van der Waals surface area contributed by atoms with Crippen molar-refractivity contribution in [1.82, 2.24) is 4.98 Å². The van der Waals surface area contributed by atoms with Gasteiger partial charge in [0, 0.05) is 23.7 Å². The van der Waals surface area contributed by atoms with E-state index in [9.17, 15) is 0 Å². The van der Waals surface area contributed by atoms with Gasteiger partial charge < -0.3 is 4.90 Å². The lowest BCUT2D eigenvalue weighted by Crippen LogP contribution is -2.45. The van der Waals surface area contributed by atoms with Crippen molar-refractivity contribution < 1.29 is 0 Å². The van der Waals surface area contributed by atoms with Crippen LogP contribution in [0, 0.1) is 6.92 Å². The monoisotopic (exact) mass is 328 g/mol. The molecular weight excluding hydrogens is 304 g/mol. The molecule has 1 aromatic heterocycles. The average molecular weight is 328 g/mol. The Labute approximate surface area is 142 Å². The van der Waals surface area contributed by atoms with Gasteiger partial charge in [0.1, 0.15) is 0 Å². The van der Waals surface area contributed by atoms with Gasteiger partial charge in [0.25, 0.3) is 0 Å². The molecule has 0 spiro atoms. The maximum Gasteiger partial charge on any atom is 0.203 e. The SMILES string of the molecule is Cc1csc(NN=Cc2ccc3c(c2)C(C)CC(C)(C)N3C)n1. The van der Waals surface area contributed by atoms with E-state index >= 15 is 0 Å². The van der Waals surface area contributed by atoms with Gasteiger partial charge >= 0.3 is 0 Å². The van der Waals surface area contributed by atoms with Gasteiger partial charge in [-0.3, -0.25) is 5.43 Å². The number of anilines is 2. The summed E-state index contributed by atoms with van der Waals surface area (Å²) in [6.45, 7) is 8.91. The van der Waals surface area contributed by atoms with Crippen LogP contribution in [0.15, 0.2) is 28.7 Å². The second-order valence-corrected chi connectivity index (χ2v) is 7.82. The van der Waals surface area contributed by atoms with Gasteiger partial charge in [0.15, 0.2) is 0 Å². The number of nitrogens with one attached hydrogen (secondary N) is 1. The van der Waals surface area contributed by atoms with E-state index in [4.69, 9.17) is 0 Å². The van der Waals surface area contributed by atoms with E-state index in [0.717, 1.165) is 22.8 Å². The molecule has 1 atom stereocenters. The second kappa shape index (κ2) is 5.96. The van der Waals surface area contributed by atoms with Crippen molar-refractivity contribution in [2.24, 2.45) is 5.10 Å². The van der Waals surface area contributed by atoms with Crippen molar-refractivity contribution in [1.29, 1.82) is 0 Å². The quantitative estimate of drug-likeness (QED) is 0.660. The van der Waals surface area contributed by atoms with E-state index in [2.05, 4.69) is 66.4 Å². The van der Waals surface area contributed by atoms with E-state index < -0.39 is 0 Å². The number of rotatable bonds is 3. The maximum absolute atomic E-state index is 4.34. The summed E-state index contributed by atoms with van der Waals surface area (Å²) in [6.07, 6.45) is 3.03. The zero-order valence-electron chi connectivity index (χ0n) is 14.4. The fourth-order valence-electron chi connectivity index (χ4n) is 3.24. The Morgan fingerprint density at radius 2 is 2.22 bits per heavy atom. The molecule has 4 nitrogen and oxygen atoms in total. The van der Waals surface area contributed by atoms with Crippen LogP contribution in [0.1, 0.15) is 49.9 Å². The van der Waals surface area contributed by atoms with Crippen molar-refractivity contribution >= 4 is 28.4 Å². The largest absolute Gasteiger partial charge is 0.369 e. The van der Waals surface area contributed by atoms with Crippen LogP contribution < -0.4 is 10.3 Å². The molecule has 0 bridgehead atoms. The van der Waals surface area contributed by atoms with E-state index in [1.54, 1.807) is 11.3 Å². The summed E-state index contributed by atoms with van der Waals surface area (Å²) < 4.78 is 0. The Hall–Kier alpha value is -1.88. The van der Waals surface area contributed by atoms with Crippen molar-refractivity contribution in [3.63, 3.8) is 0 Å². The van der Waals surface area contributed by atoms with Crippen molar-refractivity contribution in [3.05, 3.63) is 40.4 Å². The molecule has 5 heteroatoms. The molecule has 1 N–H and O–H groups in total. The van der Waals surface area contributed by atoms with Crippen molar-refractivity contribution in [3.8, 4) is 0 Å². The molecule has 23 heavy (non-hydrogen) atoms. The van der Waals surface area contributed by atoms with E-state index in [1.807, 2.05) is 18.5 Å². The van der Waals surface area contributed by atoms with E-state index in [-0.39, 0.29) is 5.54 Å². The molecule has 1 unspecified atom stereocenters. The fraction of sp³-hybridized carbons (Fsp3) is 0.444. The van der Waals surface area contributed by atoms with Gasteiger partial charge in [0.2, 0.25) is 5.13 Å². The maximum atomic E-state index is 4.34. The highest BCUT2D eigenvalue weighted by molar-refractivity contribution is 7.13. The van der Waals surface area contributed by atoms with Crippen LogP contribution in [-0.2, 0) is 0 Å². The number of aryl methyl sites for hydroxylation is 1. The third-order valence-electron chi connectivity index (χ3n) is 4.65. The fourth-order valence-corrected chi connectivity index (χ4v) is 3.88. The molecule has 1 aliphatic rings. The summed E-state index contributed by atoms with van der Waals surface area (Å²) in [5.74, 6) is 0.555. The first kappa shape index (κ1) is 16.0. The highest BCUT2D eigenvalue weighted by Crippen LogP contribution is 2.42. The molecule has 2 heterocycles. The van der Waals surface area contributed by atoms with Gasteiger partial charge in [-0.2, -0.15) is 5.10 Å². The lowest BCUT2D eigenvalue weighted by Gasteiger charge is -2.45. The molecule has 0 aliphatic carbocycles. The van der Waals surface area contributed by atoms with Crippen molar-refractivity contribution in [2.75, 3.05) is 17.4 Å². The van der Waals surface area contributed by atoms with Gasteiger partial charge in [-0.25, -0.2) is 4.98 Å². The molecule has 1 aromatic carbocycles. The predicted molar refractivity (Wildman–Crippen MR) is 100 cm³/mol. The first-order valence-corrected chi connectivity index (χ1v) is 8.84. The summed E-state index contributed by atoms with van der Waals surface area (Å²) in [5.41, 5.74) is 8.06. The Bertz CT molecular complexity index is 732. The van der Waals surface area contributed by atoms with Gasteiger partial charge in [-0.05, 0) is 56.4 Å². The molecule has 0 saturated carbocycles. The van der Waals surface area contributed by atoms with E-state index in [0.29, 0.717) is 5.92 Å². The summed E-state index contributed by atoms with van der Waals surface area (Å²) in [6, 6.07) is 6.59. The summed E-state index contributed by atoms with van der Waals surface area (Å²) in [4.78, 5) is 6.73. The number of hydrogen-bond donors (Lipinski definition) is 1. The standard InChI is InChI=1S/C18H24N4S/c1-12-9-18(3,4)22(5)16-7-6-14(8-15(12)16)10-19-21-17-20-13(2)11-23-17/h6-8,10-12H,9H2,1-5H3,(H,20,21). The lowest BCUT2D eigenvalue weighted by atomic mass is 9.80. The van der Waals surface area contributed by atoms with Crippen LogP contribution in [0.2, 0.25) is 0 Å². The number of hydrazone groups is 1. The lowest BCUT2D eigenvalue weighted by molar-refractivity contribution is 0.395. The first-order chi connectivity index (χ1) is 10.9. The highest BCUT2D eigenvalue weighted by atomic mass is 32.1. The Kier molecular flexibility index (Phi) is 4.15. The summed E-state index contributed by atoms with van der Waals surface area (Å²) in [7, 11) is 2.19.